The standard InChI is InChI=1S/C21H28N2O5S/c1-28-18-7-5-6-17(14-18)10-12-22-15-21(25)16-23(13-11-20(21)24)29(26,27)19-8-3-2-4-9-19/h2-9,14,20,22,24-25H,10-13,15-16H2,1H3/t20-,21+/m0/s1. The first-order valence-electron chi connectivity index (χ1n) is 9.64. The molecule has 3 N–H and O–H groups in total. The second-order valence-corrected chi connectivity index (χ2v) is 9.28. The van der Waals surface area contributed by atoms with Crippen molar-refractivity contribution in [3.63, 3.8) is 0 Å². The van der Waals surface area contributed by atoms with Gasteiger partial charge in [0.1, 0.15) is 11.4 Å². The molecule has 3 rings (SSSR count). The lowest BCUT2D eigenvalue weighted by atomic mass is 9.90. The van der Waals surface area contributed by atoms with Crippen LogP contribution in [0.4, 0.5) is 0 Å². The first-order valence-corrected chi connectivity index (χ1v) is 11.1. The van der Waals surface area contributed by atoms with E-state index in [2.05, 4.69) is 5.32 Å². The van der Waals surface area contributed by atoms with Crippen LogP contribution >= 0.6 is 0 Å². The number of rotatable bonds is 8. The molecule has 0 amide bonds. The lowest BCUT2D eigenvalue weighted by Crippen LogP contribution is -2.62. The van der Waals surface area contributed by atoms with E-state index in [9.17, 15) is 18.6 Å². The number of hydrogen-bond donors (Lipinski definition) is 3. The number of nitrogens with zero attached hydrogens (tertiary/aromatic N) is 1. The zero-order valence-corrected chi connectivity index (χ0v) is 17.3. The third-order valence-corrected chi connectivity index (χ3v) is 7.12. The maximum Gasteiger partial charge on any atom is 0.243 e. The Labute approximate surface area is 172 Å². The summed E-state index contributed by atoms with van der Waals surface area (Å²) in [4.78, 5) is 0.185. The summed E-state index contributed by atoms with van der Waals surface area (Å²) in [6, 6.07) is 15.9. The predicted octanol–water partition coefficient (Wildman–Crippen LogP) is 1.01. The van der Waals surface area contributed by atoms with E-state index in [0.29, 0.717) is 6.54 Å². The van der Waals surface area contributed by atoms with Gasteiger partial charge in [-0.05, 0) is 49.2 Å². The Morgan fingerprint density at radius 3 is 2.69 bits per heavy atom. The summed E-state index contributed by atoms with van der Waals surface area (Å²) < 4.78 is 32.2. The van der Waals surface area contributed by atoms with Crippen molar-refractivity contribution < 1.29 is 23.4 Å². The van der Waals surface area contributed by atoms with Gasteiger partial charge >= 0.3 is 0 Å². The quantitative estimate of drug-likeness (QED) is 0.552. The number of sulfonamides is 1. The van der Waals surface area contributed by atoms with Gasteiger partial charge in [-0.1, -0.05) is 30.3 Å². The second kappa shape index (κ2) is 9.23. The molecule has 0 saturated carbocycles. The van der Waals surface area contributed by atoms with Gasteiger partial charge in [0.15, 0.2) is 0 Å². The Hall–Kier alpha value is -1.97. The first-order chi connectivity index (χ1) is 13.8. The van der Waals surface area contributed by atoms with E-state index in [4.69, 9.17) is 4.74 Å². The van der Waals surface area contributed by atoms with E-state index >= 15 is 0 Å². The van der Waals surface area contributed by atoms with Gasteiger partial charge in [-0.2, -0.15) is 4.31 Å². The Morgan fingerprint density at radius 1 is 1.21 bits per heavy atom. The van der Waals surface area contributed by atoms with Crippen LogP contribution in [0.3, 0.4) is 0 Å². The zero-order valence-electron chi connectivity index (χ0n) is 16.5. The molecule has 7 nitrogen and oxygen atoms in total. The number of β-amino-alcohol motifs (C(OH)–C–C–N with tert-alkyl or cyclic N) is 1. The Morgan fingerprint density at radius 2 is 1.97 bits per heavy atom. The van der Waals surface area contributed by atoms with Crippen LogP contribution in [0.2, 0.25) is 0 Å². The molecule has 0 aromatic heterocycles. The van der Waals surface area contributed by atoms with Gasteiger partial charge in [0, 0.05) is 19.6 Å². The molecule has 2 aromatic rings. The fourth-order valence-electron chi connectivity index (χ4n) is 3.51. The van der Waals surface area contributed by atoms with E-state index in [1.807, 2.05) is 24.3 Å². The Balaban J connectivity index is 1.60. The number of benzene rings is 2. The van der Waals surface area contributed by atoms with Gasteiger partial charge in [0.25, 0.3) is 0 Å². The number of ether oxygens (including phenoxy) is 1. The lowest BCUT2D eigenvalue weighted by molar-refractivity contribution is -0.104. The normalized spacial score (nSPS) is 23.1. The molecular formula is C21H28N2O5S. The minimum atomic E-state index is -3.72. The molecule has 1 fully saturated rings. The van der Waals surface area contributed by atoms with Crippen molar-refractivity contribution in [1.29, 1.82) is 0 Å². The fraction of sp³-hybridized carbons (Fsp3) is 0.429. The number of aliphatic hydroxyl groups excluding tert-OH is 1. The fourth-order valence-corrected chi connectivity index (χ4v) is 5.05. The molecule has 2 atom stereocenters. The highest BCUT2D eigenvalue weighted by molar-refractivity contribution is 7.89. The van der Waals surface area contributed by atoms with Crippen molar-refractivity contribution in [1.82, 2.24) is 9.62 Å². The highest BCUT2D eigenvalue weighted by Gasteiger charge is 2.44. The smallest absolute Gasteiger partial charge is 0.243 e. The summed E-state index contributed by atoms with van der Waals surface area (Å²) in [5, 5.41) is 24.5. The molecule has 0 bridgehead atoms. The Bertz CT molecular complexity index is 906. The molecule has 1 aliphatic rings. The number of aliphatic hydroxyl groups is 2. The summed E-state index contributed by atoms with van der Waals surface area (Å²) in [6.07, 6.45) is -0.0933. The van der Waals surface area contributed by atoms with E-state index in [0.717, 1.165) is 17.7 Å². The molecular weight excluding hydrogens is 392 g/mol. The van der Waals surface area contributed by atoms with Crippen molar-refractivity contribution >= 4 is 10.0 Å². The summed E-state index contributed by atoms with van der Waals surface area (Å²) in [5.74, 6) is 0.783. The summed E-state index contributed by atoms with van der Waals surface area (Å²) in [7, 11) is -2.10. The second-order valence-electron chi connectivity index (χ2n) is 7.34. The molecule has 1 heterocycles. The third-order valence-electron chi connectivity index (χ3n) is 5.26. The van der Waals surface area contributed by atoms with Gasteiger partial charge in [-0.25, -0.2) is 8.42 Å². The van der Waals surface area contributed by atoms with E-state index in [-0.39, 0.29) is 31.0 Å². The van der Waals surface area contributed by atoms with Crippen molar-refractivity contribution in [2.75, 3.05) is 33.3 Å². The maximum atomic E-state index is 12.9. The van der Waals surface area contributed by atoms with E-state index in [1.165, 1.54) is 16.4 Å². The molecule has 29 heavy (non-hydrogen) atoms. The molecule has 2 aromatic carbocycles. The molecule has 0 unspecified atom stereocenters. The summed E-state index contributed by atoms with van der Waals surface area (Å²) in [6.45, 7) is 0.689. The van der Waals surface area contributed by atoms with Gasteiger partial charge in [-0.3, -0.25) is 0 Å². The monoisotopic (exact) mass is 420 g/mol. The minimum absolute atomic E-state index is 0.0962. The SMILES string of the molecule is COc1cccc(CCNC[C@@]2(O)CN(S(=O)(=O)c3ccccc3)CC[C@@H]2O)c1. The van der Waals surface area contributed by atoms with Crippen LogP contribution in [0.5, 0.6) is 5.75 Å². The van der Waals surface area contributed by atoms with E-state index < -0.39 is 21.7 Å². The highest BCUT2D eigenvalue weighted by Crippen LogP contribution is 2.26. The van der Waals surface area contributed by atoms with Gasteiger partial charge in [-0.15, -0.1) is 0 Å². The van der Waals surface area contributed by atoms with Crippen LogP contribution < -0.4 is 10.1 Å². The highest BCUT2D eigenvalue weighted by atomic mass is 32.2. The van der Waals surface area contributed by atoms with Crippen LogP contribution in [-0.2, 0) is 16.4 Å². The molecule has 8 heteroatoms. The molecule has 0 radical (unpaired) electrons. The summed E-state index contributed by atoms with van der Waals surface area (Å²) >= 11 is 0. The van der Waals surface area contributed by atoms with Crippen LogP contribution in [0, 0.1) is 0 Å². The summed E-state index contributed by atoms with van der Waals surface area (Å²) in [5.41, 5.74) is -0.463. The van der Waals surface area contributed by atoms with Crippen LogP contribution in [0.1, 0.15) is 12.0 Å². The Kier molecular flexibility index (Phi) is 6.92. The molecule has 1 aliphatic heterocycles. The number of hydrogen-bond acceptors (Lipinski definition) is 6. The van der Waals surface area contributed by atoms with Crippen molar-refractivity contribution in [2.24, 2.45) is 0 Å². The van der Waals surface area contributed by atoms with Crippen molar-refractivity contribution in [3.05, 3.63) is 60.2 Å². The number of nitrogens with one attached hydrogen (secondary N) is 1. The lowest BCUT2D eigenvalue weighted by Gasteiger charge is -2.42. The van der Waals surface area contributed by atoms with Crippen LogP contribution in [0.15, 0.2) is 59.5 Å². The molecule has 0 aliphatic carbocycles. The van der Waals surface area contributed by atoms with Gasteiger partial charge < -0.3 is 20.3 Å². The van der Waals surface area contributed by atoms with Gasteiger partial charge in [0.05, 0.1) is 18.1 Å². The van der Waals surface area contributed by atoms with E-state index in [1.54, 1.807) is 25.3 Å². The average molecular weight is 421 g/mol. The van der Waals surface area contributed by atoms with Gasteiger partial charge in [0.2, 0.25) is 10.0 Å². The number of methoxy groups -OCH3 is 1. The maximum absolute atomic E-state index is 12.9. The minimum Gasteiger partial charge on any atom is -0.497 e. The topological polar surface area (TPSA) is 99.1 Å². The van der Waals surface area contributed by atoms with Crippen molar-refractivity contribution in [2.45, 2.75) is 29.4 Å². The molecule has 0 spiro atoms. The predicted molar refractivity (Wildman–Crippen MR) is 110 cm³/mol. The van der Waals surface area contributed by atoms with Crippen molar-refractivity contribution in [3.8, 4) is 5.75 Å². The third kappa shape index (κ3) is 5.15. The number of piperidine rings is 1. The average Bonchev–Trinajstić information content (AvgIpc) is 2.74. The zero-order chi connectivity index (χ0) is 20.9. The van der Waals surface area contributed by atoms with Crippen LogP contribution in [-0.4, -0.2) is 67.9 Å². The molecule has 158 valence electrons. The largest absolute Gasteiger partial charge is 0.497 e. The molecule has 1 saturated heterocycles. The van der Waals surface area contributed by atoms with Crippen LogP contribution in [0.25, 0.3) is 0 Å². The first kappa shape index (κ1) is 21.7.